The minimum Gasteiger partial charge on any atom is -0.493 e. The van der Waals surface area contributed by atoms with Crippen molar-refractivity contribution in [2.24, 2.45) is 0 Å². The molecule has 6 heteroatoms. The van der Waals surface area contributed by atoms with Gasteiger partial charge in [-0.1, -0.05) is 0 Å². The van der Waals surface area contributed by atoms with Crippen LogP contribution in [-0.4, -0.2) is 29.8 Å². The van der Waals surface area contributed by atoms with Crippen LogP contribution in [0.2, 0.25) is 0 Å². The third-order valence-corrected chi connectivity index (χ3v) is 4.32. The molecule has 0 bridgehead atoms. The molecule has 1 unspecified atom stereocenters. The maximum atomic E-state index is 13.2. The molecule has 2 aromatic carbocycles. The Bertz CT molecular complexity index is 886. The van der Waals surface area contributed by atoms with E-state index in [1.54, 1.807) is 30.1 Å². The molecule has 134 valence electrons. The molecule has 1 aliphatic heterocycles. The van der Waals surface area contributed by atoms with E-state index in [4.69, 9.17) is 14.2 Å². The highest BCUT2D eigenvalue weighted by molar-refractivity contribution is 5.66. The topological polar surface area (TPSA) is 45.5 Å². The van der Waals surface area contributed by atoms with Crippen molar-refractivity contribution in [3.63, 3.8) is 0 Å². The molecule has 0 spiro atoms. The van der Waals surface area contributed by atoms with E-state index in [9.17, 15) is 4.39 Å². The Kier molecular flexibility index (Phi) is 4.58. The largest absolute Gasteiger partial charge is 0.493 e. The molecule has 0 radical (unpaired) electrons. The molecule has 4 rings (SSSR count). The number of halogens is 1. The lowest BCUT2D eigenvalue weighted by molar-refractivity contribution is -0.0402. The van der Waals surface area contributed by atoms with Crippen molar-refractivity contribution >= 4 is 0 Å². The molecule has 1 aromatic heterocycles. The second-order valence-corrected chi connectivity index (χ2v) is 6.03. The van der Waals surface area contributed by atoms with Gasteiger partial charge in [-0.2, -0.15) is 5.10 Å². The molecule has 5 nitrogen and oxygen atoms in total. The highest BCUT2D eigenvalue weighted by Gasteiger charge is 2.20. The first-order chi connectivity index (χ1) is 12.7. The summed E-state index contributed by atoms with van der Waals surface area (Å²) in [6.07, 6.45) is 3.32. The molecule has 26 heavy (non-hydrogen) atoms. The summed E-state index contributed by atoms with van der Waals surface area (Å²) < 4.78 is 31.9. The van der Waals surface area contributed by atoms with Gasteiger partial charge in [-0.25, -0.2) is 9.07 Å². The van der Waals surface area contributed by atoms with E-state index in [-0.39, 0.29) is 12.1 Å². The minimum atomic E-state index is -0.279. The number of hydrogen-bond acceptors (Lipinski definition) is 4. The van der Waals surface area contributed by atoms with Crippen molar-refractivity contribution in [2.45, 2.75) is 19.1 Å². The summed E-state index contributed by atoms with van der Waals surface area (Å²) in [4.78, 5) is 0. The smallest absolute Gasteiger partial charge is 0.200 e. The SMILES string of the molecule is COc1ccc(-c2ccnn2-c2ccc(F)cc2)cc1OC1CCCO1. The van der Waals surface area contributed by atoms with Crippen LogP contribution in [0, 0.1) is 5.82 Å². The van der Waals surface area contributed by atoms with Crippen LogP contribution < -0.4 is 9.47 Å². The molecule has 0 saturated carbocycles. The number of ether oxygens (including phenoxy) is 3. The quantitative estimate of drug-likeness (QED) is 0.689. The monoisotopic (exact) mass is 354 g/mol. The van der Waals surface area contributed by atoms with Crippen LogP contribution in [0.4, 0.5) is 4.39 Å². The van der Waals surface area contributed by atoms with Gasteiger partial charge in [0.25, 0.3) is 0 Å². The van der Waals surface area contributed by atoms with Crippen molar-refractivity contribution in [3.05, 3.63) is 60.5 Å². The van der Waals surface area contributed by atoms with Crippen molar-refractivity contribution < 1.29 is 18.6 Å². The Hall–Kier alpha value is -2.86. The zero-order chi connectivity index (χ0) is 17.9. The highest BCUT2D eigenvalue weighted by Crippen LogP contribution is 2.35. The van der Waals surface area contributed by atoms with Gasteiger partial charge in [0.15, 0.2) is 17.8 Å². The zero-order valence-electron chi connectivity index (χ0n) is 14.4. The number of methoxy groups -OCH3 is 1. The van der Waals surface area contributed by atoms with Crippen molar-refractivity contribution in [2.75, 3.05) is 13.7 Å². The second kappa shape index (κ2) is 7.17. The standard InChI is InChI=1S/C20H19FN2O3/c1-24-18-9-4-14(13-19(18)26-20-3-2-12-25-20)17-10-11-22-23(17)16-7-5-15(21)6-8-16/h4-11,13,20H,2-3,12H2,1H3. The zero-order valence-corrected chi connectivity index (χ0v) is 14.4. The van der Waals surface area contributed by atoms with Gasteiger partial charge in [0.2, 0.25) is 0 Å². The van der Waals surface area contributed by atoms with Gasteiger partial charge in [0.1, 0.15) is 5.82 Å². The summed E-state index contributed by atoms with van der Waals surface area (Å²) in [6, 6.07) is 13.8. The fourth-order valence-electron chi connectivity index (χ4n) is 3.02. The first kappa shape index (κ1) is 16.6. The highest BCUT2D eigenvalue weighted by atomic mass is 19.1. The molecular formula is C20H19FN2O3. The number of aromatic nitrogens is 2. The summed E-state index contributed by atoms with van der Waals surface area (Å²) in [6.45, 7) is 0.712. The Labute approximate surface area is 150 Å². The fraction of sp³-hybridized carbons (Fsp3) is 0.250. The number of hydrogen-bond donors (Lipinski definition) is 0. The molecule has 0 aliphatic carbocycles. The predicted molar refractivity (Wildman–Crippen MR) is 95.1 cm³/mol. The number of nitrogens with zero attached hydrogens (tertiary/aromatic N) is 2. The molecule has 1 atom stereocenters. The van der Waals surface area contributed by atoms with Gasteiger partial charge in [0.05, 0.1) is 31.3 Å². The van der Waals surface area contributed by atoms with E-state index in [1.807, 2.05) is 24.3 Å². The molecule has 0 N–H and O–H groups in total. The average Bonchev–Trinajstić information content (AvgIpc) is 3.34. The predicted octanol–water partition coefficient (Wildman–Crippen LogP) is 4.20. The van der Waals surface area contributed by atoms with E-state index in [2.05, 4.69) is 5.10 Å². The van der Waals surface area contributed by atoms with Crippen LogP contribution in [0.5, 0.6) is 11.5 Å². The van der Waals surface area contributed by atoms with E-state index < -0.39 is 0 Å². The minimum absolute atomic E-state index is 0.249. The Balaban J connectivity index is 1.70. The van der Waals surface area contributed by atoms with Gasteiger partial charge in [-0.3, -0.25) is 0 Å². The summed E-state index contributed by atoms with van der Waals surface area (Å²) >= 11 is 0. The van der Waals surface area contributed by atoms with E-state index in [0.29, 0.717) is 18.1 Å². The van der Waals surface area contributed by atoms with Crippen LogP contribution in [0.25, 0.3) is 16.9 Å². The summed E-state index contributed by atoms with van der Waals surface area (Å²) in [7, 11) is 1.61. The molecule has 2 heterocycles. The van der Waals surface area contributed by atoms with Gasteiger partial charge >= 0.3 is 0 Å². The van der Waals surface area contributed by atoms with Crippen LogP contribution in [0.1, 0.15) is 12.8 Å². The van der Waals surface area contributed by atoms with Gasteiger partial charge < -0.3 is 14.2 Å². The third kappa shape index (κ3) is 3.28. The van der Waals surface area contributed by atoms with E-state index in [0.717, 1.165) is 29.8 Å². The third-order valence-electron chi connectivity index (χ3n) is 4.32. The van der Waals surface area contributed by atoms with Gasteiger partial charge in [-0.15, -0.1) is 0 Å². The van der Waals surface area contributed by atoms with Crippen molar-refractivity contribution in [1.29, 1.82) is 0 Å². The summed E-state index contributed by atoms with van der Waals surface area (Å²) in [5.74, 6) is 1.00. The maximum absolute atomic E-state index is 13.2. The van der Waals surface area contributed by atoms with E-state index in [1.165, 1.54) is 12.1 Å². The summed E-state index contributed by atoms with van der Waals surface area (Å²) in [5.41, 5.74) is 2.57. The van der Waals surface area contributed by atoms with Crippen LogP contribution in [0.3, 0.4) is 0 Å². The lowest BCUT2D eigenvalue weighted by Crippen LogP contribution is -2.14. The lowest BCUT2D eigenvalue weighted by atomic mass is 10.1. The molecule has 3 aromatic rings. The number of rotatable bonds is 5. The van der Waals surface area contributed by atoms with Gasteiger partial charge in [-0.05, 0) is 55.0 Å². The van der Waals surface area contributed by atoms with Gasteiger partial charge in [0, 0.05) is 12.0 Å². The Morgan fingerprint density at radius 2 is 1.96 bits per heavy atom. The lowest BCUT2D eigenvalue weighted by Gasteiger charge is -2.17. The number of benzene rings is 2. The fourth-order valence-corrected chi connectivity index (χ4v) is 3.02. The molecule has 0 amide bonds. The van der Waals surface area contributed by atoms with Crippen molar-refractivity contribution in [1.82, 2.24) is 9.78 Å². The summed E-state index contributed by atoms with van der Waals surface area (Å²) in [5, 5.41) is 4.37. The average molecular weight is 354 g/mol. The first-order valence-electron chi connectivity index (χ1n) is 8.51. The maximum Gasteiger partial charge on any atom is 0.200 e. The molecule has 1 fully saturated rings. The Morgan fingerprint density at radius 1 is 1.12 bits per heavy atom. The van der Waals surface area contributed by atoms with Crippen LogP contribution >= 0.6 is 0 Å². The second-order valence-electron chi connectivity index (χ2n) is 6.03. The normalized spacial score (nSPS) is 16.6. The van der Waals surface area contributed by atoms with Crippen LogP contribution in [0.15, 0.2) is 54.7 Å². The molecule has 1 saturated heterocycles. The molecule has 1 aliphatic rings. The first-order valence-corrected chi connectivity index (χ1v) is 8.51. The van der Waals surface area contributed by atoms with Crippen molar-refractivity contribution in [3.8, 4) is 28.4 Å². The Morgan fingerprint density at radius 3 is 2.69 bits per heavy atom. The van der Waals surface area contributed by atoms with Crippen LogP contribution in [-0.2, 0) is 4.74 Å². The van der Waals surface area contributed by atoms with E-state index >= 15 is 0 Å². The molecular weight excluding hydrogens is 335 g/mol.